The molecule has 0 aliphatic carbocycles. The van der Waals surface area contributed by atoms with E-state index in [1.807, 2.05) is 80.8 Å². The van der Waals surface area contributed by atoms with Crippen LogP contribution in [0.25, 0.3) is 10.8 Å². The molecule has 0 fully saturated rings. The zero-order valence-corrected chi connectivity index (χ0v) is 20.2. The molecule has 174 valence electrons. The molecular weight excluding hydrogens is 422 g/mol. The van der Waals surface area contributed by atoms with Gasteiger partial charge in [0.05, 0.1) is 14.2 Å². The number of carbonyl (C=O) groups excluding carboxylic acids is 1. The summed E-state index contributed by atoms with van der Waals surface area (Å²) in [7, 11) is 7.35. The van der Waals surface area contributed by atoms with Crippen molar-refractivity contribution in [2.75, 3.05) is 34.9 Å². The van der Waals surface area contributed by atoms with Gasteiger partial charge < -0.3 is 14.4 Å². The zero-order chi connectivity index (χ0) is 24.1. The first-order valence-electron chi connectivity index (χ1n) is 11.5. The maximum atomic E-state index is 14.1. The quantitative estimate of drug-likeness (QED) is 0.289. The van der Waals surface area contributed by atoms with Crippen molar-refractivity contribution in [3.8, 4) is 11.5 Å². The lowest BCUT2D eigenvalue weighted by atomic mass is 9.76. The summed E-state index contributed by atoms with van der Waals surface area (Å²) in [5.74, 6) is 1.18. The summed E-state index contributed by atoms with van der Waals surface area (Å²) in [6.45, 7) is 0.602. The Morgan fingerprint density at radius 3 is 1.88 bits per heavy atom. The summed E-state index contributed by atoms with van der Waals surface area (Å²) < 4.78 is 11.0. The monoisotopic (exact) mass is 453 g/mol. The lowest BCUT2D eigenvalue weighted by Crippen LogP contribution is -2.33. The predicted molar refractivity (Wildman–Crippen MR) is 138 cm³/mol. The van der Waals surface area contributed by atoms with Crippen molar-refractivity contribution in [1.29, 1.82) is 0 Å². The average molecular weight is 454 g/mol. The smallest absolute Gasteiger partial charge is 0.168 e. The Morgan fingerprint density at radius 2 is 1.32 bits per heavy atom. The van der Waals surface area contributed by atoms with Gasteiger partial charge in [-0.25, -0.2) is 0 Å². The Hall–Kier alpha value is -3.63. The van der Waals surface area contributed by atoms with Crippen LogP contribution in [-0.4, -0.2) is 45.5 Å². The average Bonchev–Trinajstić information content (AvgIpc) is 2.87. The van der Waals surface area contributed by atoms with Gasteiger partial charge in [-0.15, -0.1) is 0 Å². The van der Waals surface area contributed by atoms with E-state index in [0.29, 0.717) is 6.54 Å². The SMILES string of the molecule is COc1cccc(C(c2cccc(OC)c2)[C@@H](CN(C)C)C(=O)c2ccc3ccccc3c2)c1. The van der Waals surface area contributed by atoms with Gasteiger partial charge >= 0.3 is 0 Å². The minimum atomic E-state index is -0.310. The maximum absolute atomic E-state index is 14.1. The molecule has 0 aromatic heterocycles. The first kappa shape index (κ1) is 23.5. The molecule has 4 heteroatoms. The van der Waals surface area contributed by atoms with Crippen molar-refractivity contribution in [2.45, 2.75) is 5.92 Å². The minimum Gasteiger partial charge on any atom is -0.497 e. The van der Waals surface area contributed by atoms with Crippen molar-refractivity contribution in [1.82, 2.24) is 4.90 Å². The Kier molecular flexibility index (Phi) is 7.29. The number of carbonyl (C=O) groups is 1. The maximum Gasteiger partial charge on any atom is 0.168 e. The highest BCUT2D eigenvalue weighted by atomic mass is 16.5. The molecule has 0 spiro atoms. The van der Waals surface area contributed by atoms with E-state index in [0.717, 1.165) is 39.0 Å². The van der Waals surface area contributed by atoms with Crippen LogP contribution in [0.2, 0.25) is 0 Å². The number of ketones is 1. The number of hydrogen-bond acceptors (Lipinski definition) is 4. The van der Waals surface area contributed by atoms with Crippen LogP contribution in [0.4, 0.5) is 0 Å². The lowest BCUT2D eigenvalue weighted by Gasteiger charge is -2.30. The Bertz CT molecular complexity index is 1230. The molecule has 0 saturated heterocycles. The fourth-order valence-electron chi connectivity index (χ4n) is 4.62. The van der Waals surface area contributed by atoms with Crippen LogP contribution in [0.3, 0.4) is 0 Å². The minimum absolute atomic E-state index is 0.120. The van der Waals surface area contributed by atoms with Crippen LogP contribution < -0.4 is 9.47 Å². The van der Waals surface area contributed by atoms with E-state index in [1.54, 1.807) is 14.2 Å². The molecule has 0 heterocycles. The second kappa shape index (κ2) is 10.5. The third-order valence-corrected chi connectivity index (χ3v) is 6.24. The summed E-state index contributed by atoms with van der Waals surface area (Å²) in [4.78, 5) is 16.2. The van der Waals surface area contributed by atoms with Crippen LogP contribution in [-0.2, 0) is 0 Å². The Balaban J connectivity index is 1.86. The number of benzene rings is 4. The number of Topliss-reactive ketones (excluding diaryl/α,β-unsaturated/α-hetero) is 1. The van der Waals surface area contributed by atoms with E-state index in [1.165, 1.54) is 0 Å². The van der Waals surface area contributed by atoms with Crippen molar-refractivity contribution in [3.63, 3.8) is 0 Å². The van der Waals surface area contributed by atoms with Crippen LogP contribution >= 0.6 is 0 Å². The fourth-order valence-corrected chi connectivity index (χ4v) is 4.62. The highest BCUT2D eigenvalue weighted by molar-refractivity contribution is 6.02. The first-order chi connectivity index (χ1) is 16.5. The molecule has 0 saturated carbocycles. The van der Waals surface area contributed by atoms with Crippen molar-refractivity contribution < 1.29 is 14.3 Å². The summed E-state index contributed by atoms with van der Waals surface area (Å²) >= 11 is 0. The van der Waals surface area contributed by atoms with Gasteiger partial charge in [0.25, 0.3) is 0 Å². The number of hydrogen-bond donors (Lipinski definition) is 0. The van der Waals surface area contributed by atoms with Gasteiger partial charge in [0.15, 0.2) is 5.78 Å². The third-order valence-electron chi connectivity index (χ3n) is 6.24. The highest BCUT2D eigenvalue weighted by Gasteiger charge is 2.32. The van der Waals surface area contributed by atoms with Crippen molar-refractivity contribution >= 4 is 16.6 Å². The van der Waals surface area contributed by atoms with E-state index in [4.69, 9.17) is 9.47 Å². The number of fused-ring (bicyclic) bond motifs is 1. The number of ether oxygens (including phenoxy) is 2. The summed E-state index contributed by atoms with van der Waals surface area (Å²) in [6, 6.07) is 30.1. The summed E-state index contributed by atoms with van der Waals surface area (Å²) in [6.07, 6.45) is 0. The number of nitrogens with zero attached hydrogens (tertiary/aromatic N) is 1. The van der Waals surface area contributed by atoms with E-state index in [-0.39, 0.29) is 17.6 Å². The normalized spacial score (nSPS) is 12.2. The Labute approximate surface area is 201 Å². The summed E-state index contributed by atoms with van der Waals surface area (Å²) in [5, 5.41) is 2.19. The van der Waals surface area contributed by atoms with Crippen LogP contribution in [0, 0.1) is 5.92 Å². The Morgan fingerprint density at radius 1 is 0.735 bits per heavy atom. The molecule has 1 atom stereocenters. The van der Waals surface area contributed by atoms with E-state index < -0.39 is 0 Å². The van der Waals surface area contributed by atoms with Crippen molar-refractivity contribution in [2.24, 2.45) is 5.92 Å². The predicted octanol–water partition coefficient (Wildman–Crippen LogP) is 6.05. The fraction of sp³-hybridized carbons (Fsp3) is 0.233. The molecule has 0 aliphatic rings. The second-order valence-corrected chi connectivity index (χ2v) is 8.83. The highest BCUT2D eigenvalue weighted by Crippen LogP contribution is 2.37. The lowest BCUT2D eigenvalue weighted by molar-refractivity contribution is 0.0883. The van der Waals surface area contributed by atoms with Crippen LogP contribution in [0.5, 0.6) is 11.5 Å². The molecule has 0 radical (unpaired) electrons. The molecule has 0 aliphatic heterocycles. The first-order valence-corrected chi connectivity index (χ1v) is 11.5. The molecule has 4 aromatic rings. The molecule has 0 bridgehead atoms. The van der Waals surface area contributed by atoms with Gasteiger partial charge in [0, 0.05) is 23.9 Å². The zero-order valence-electron chi connectivity index (χ0n) is 20.2. The van der Waals surface area contributed by atoms with E-state index in [2.05, 4.69) is 29.2 Å². The van der Waals surface area contributed by atoms with Gasteiger partial charge in [-0.2, -0.15) is 0 Å². The topological polar surface area (TPSA) is 38.8 Å². The molecule has 4 nitrogen and oxygen atoms in total. The third kappa shape index (κ3) is 5.13. The second-order valence-electron chi connectivity index (χ2n) is 8.83. The standard InChI is InChI=1S/C30H31NO3/c1-31(2)20-28(30(32)25-16-15-21-9-5-6-10-22(21)17-25)29(23-11-7-13-26(18-23)33-3)24-12-8-14-27(19-24)34-4/h5-19,28-29H,20H2,1-4H3/t28-/m1/s1. The number of methoxy groups -OCH3 is 2. The molecule has 4 aromatic carbocycles. The van der Waals surface area contributed by atoms with Gasteiger partial charge in [-0.1, -0.05) is 60.7 Å². The van der Waals surface area contributed by atoms with E-state index >= 15 is 0 Å². The van der Waals surface area contributed by atoms with Gasteiger partial charge in [-0.3, -0.25) is 4.79 Å². The molecule has 0 amide bonds. The van der Waals surface area contributed by atoms with Gasteiger partial charge in [0.2, 0.25) is 0 Å². The largest absolute Gasteiger partial charge is 0.497 e. The molecule has 0 N–H and O–H groups in total. The van der Waals surface area contributed by atoms with Gasteiger partial charge in [0.1, 0.15) is 11.5 Å². The molecular formula is C30H31NO3. The van der Waals surface area contributed by atoms with Crippen molar-refractivity contribution in [3.05, 3.63) is 108 Å². The number of rotatable bonds is 9. The molecule has 0 unspecified atom stereocenters. The summed E-state index contributed by atoms with van der Waals surface area (Å²) in [5.41, 5.74) is 2.79. The van der Waals surface area contributed by atoms with Crippen LogP contribution in [0.1, 0.15) is 27.4 Å². The molecule has 4 rings (SSSR count). The van der Waals surface area contributed by atoms with Crippen LogP contribution in [0.15, 0.2) is 91.0 Å². The van der Waals surface area contributed by atoms with Gasteiger partial charge in [-0.05, 0) is 66.3 Å². The molecule has 34 heavy (non-hydrogen) atoms. The van der Waals surface area contributed by atoms with E-state index in [9.17, 15) is 4.79 Å².